The van der Waals surface area contributed by atoms with Crippen molar-refractivity contribution in [3.63, 3.8) is 0 Å². The summed E-state index contributed by atoms with van der Waals surface area (Å²) in [6, 6.07) is 9.93. The molecule has 0 spiro atoms. The minimum Gasteiger partial charge on any atom is -0.467 e. The number of hydrogen-bond acceptors (Lipinski definition) is 4. The predicted molar refractivity (Wildman–Crippen MR) is 85.8 cm³/mol. The van der Waals surface area contributed by atoms with Crippen molar-refractivity contribution in [2.75, 3.05) is 11.9 Å². The number of anilines is 1. The van der Waals surface area contributed by atoms with E-state index >= 15 is 0 Å². The molecular weight excluding hydrogens is 310 g/mol. The van der Waals surface area contributed by atoms with Gasteiger partial charge in [-0.05, 0) is 30.3 Å². The Kier molecular flexibility index (Phi) is 4.33. The topological polar surface area (TPSA) is 106 Å². The minimum atomic E-state index is -0.563. The molecule has 1 atom stereocenters. The standard InChI is InChI=1S/C17H17N3O4/c18-16(22)11-3-1-4-13(7-11)19-17(23)12-8-15(21)20(9-12)10-14-5-2-6-24-14/h1-7,12H,8-10H2,(H2,18,22)(H,19,23). The van der Waals surface area contributed by atoms with Crippen LogP contribution < -0.4 is 11.1 Å². The zero-order valence-electron chi connectivity index (χ0n) is 12.9. The summed E-state index contributed by atoms with van der Waals surface area (Å²) < 4.78 is 5.23. The molecule has 0 saturated carbocycles. The van der Waals surface area contributed by atoms with E-state index in [1.807, 2.05) is 0 Å². The van der Waals surface area contributed by atoms with Gasteiger partial charge in [0, 0.05) is 24.2 Å². The smallest absolute Gasteiger partial charge is 0.248 e. The first-order valence-corrected chi connectivity index (χ1v) is 7.54. The highest BCUT2D eigenvalue weighted by atomic mass is 16.3. The number of hydrogen-bond donors (Lipinski definition) is 2. The van der Waals surface area contributed by atoms with Gasteiger partial charge in [0.1, 0.15) is 5.76 Å². The van der Waals surface area contributed by atoms with Gasteiger partial charge in [-0.3, -0.25) is 14.4 Å². The molecule has 1 aliphatic heterocycles. The Morgan fingerprint density at radius 1 is 1.29 bits per heavy atom. The normalized spacial score (nSPS) is 17.1. The Morgan fingerprint density at radius 2 is 2.12 bits per heavy atom. The van der Waals surface area contributed by atoms with Gasteiger partial charge in [0.2, 0.25) is 17.7 Å². The van der Waals surface area contributed by atoms with E-state index in [-0.39, 0.29) is 18.2 Å². The lowest BCUT2D eigenvalue weighted by Gasteiger charge is -2.15. The lowest BCUT2D eigenvalue weighted by Crippen LogP contribution is -2.28. The van der Waals surface area contributed by atoms with Crippen LogP contribution in [0.2, 0.25) is 0 Å². The Morgan fingerprint density at radius 3 is 2.83 bits per heavy atom. The first-order chi connectivity index (χ1) is 11.5. The van der Waals surface area contributed by atoms with Gasteiger partial charge >= 0.3 is 0 Å². The highest BCUT2D eigenvalue weighted by Gasteiger charge is 2.34. The molecule has 1 fully saturated rings. The van der Waals surface area contributed by atoms with Crippen LogP contribution in [0.5, 0.6) is 0 Å². The Bertz CT molecular complexity index is 770. The van der Waals surface area contributed by atoms with Crippen LogP contribution in [0.15, 0.2) is 47.1 Å². The van der Waals surface area contributed by atoms with Crippen molar-refractivity contribution < 1.29 is 18.8 Å². The summed E-state index contributed by atoms with van der Waals surface area (Å²) in [6.07, 6.45) is 1.70. The molecule has 1 saturated heterocycles. The van der Waals surface area contributed by atoms with Crippen LogP contribution in [0.25, 0.3) is 0 Å². The van der Waals surface area contributed by atoms with Crippen LogP contribution in [-0.2, 0) is 16.1 Å². The average Bonchev–Trinajstić information content (AvgIpc) is 3.18. The highest BCUT2D eigenvalue weighted by molar-refractivity contribution is 5.99. The van der Waals surface area contributed by atoms with Gasteiger partial charge in [-0.15, -0.1) is 0 Å². The van der Waals surface area contributed by atoms with E-state index in [4.69, 9.17) is 10.2 Å². The van der Waals surface area contributed by atoms with Gasteiger partial charge in [0.25, 0.3) is 0 Å². The summed E-state index contributed by atoms with van der Waals surface area (Å²) in [7, 11) is 0. The molecule has 24 heavy (non-hydrogen) atoms. The molecule has 1 aliphatic rings. The number of nitrogens with one attached hydrogen (secondary N) is 1. The molecule has 7 nitrogen and oxygen atoms in total. The Hall–Kier alpha value is -3.09. The average molecular weight is 327 g/mol. The number of rotatable bonds is 5. The molecule has 3 rings (SSSR count). The van der Waals surface area contributed by atoms with Crippen LogP contribution in [0, 0.1) is 5.92 Å². The SMILES string of the molecule is NC(=O)c1cccc(NC(=O)C2CC(=O)N(Cc3ccco3)C2)c1. The van der Waals surface area contributed by atoms with Crippen LogP contribution in [0.3, 0.4) is 0 Å². The van der Waals surface area contributed by atoms with Crippen molar-refractivity contribution in [3.8, 4) is 0 Å². The number of likely N-dealkylation sites (tertiary alicyclic amines) is 1. The molecule has 7 heteroatoms. The predicted octanol–water partition coefficient (Wildman–Crippen LogP) is 1.37. The zero-order chi connectivity index (χ0) is 17.1. The van der Waals surface area contributed by atoms with Gasteiger partial charge in [-0.1, -0.05) is 6.07 Å². The van der Waals surface area contributed by atoms with Crippen molar-refractivity contribution in [2.24, 2.45) is 11.7 Å². The van der Waals surface area contributed by atoms with E-state index in [0.29, 0.717) is 30.1 Å². The number of nitrogens with two attached hydrogens (primary N) is 1. The van der Waals surface area contributed by atoms with Crippen LogP contribution in [0.4, 0.5) is 5.69 Å². The van der Waals surface area contributed by atoms with E-state index in [9.17, 15) is 14.4 Å². The van der Waals surface area contributed by atoms with Gasteiger partial charge in [0.15, 0.2) is 0 Å². The molecular formula is C17H17N3O4. The van der Waals surface area contributed by atoms with E-state index in [1.54, 1.807) is 41.5 Å². The van der Waals surface area contributed by atoms with Gasteiger partial charge < -0.3 is 20.4 Å². The van der Waals surface area contributed by atoms with E-state index in [0.717, 1.165) is 0 Å². The summed E-state index contributed by atoms with van der Waals surface area (Å²) in [5.74, 6) is -0.667. The molecule has 2 heterocycles. The maximum atomic E-state index is 12.4. The van der Waals surface area contributed by atoms with Gasteiger partial charge in [-0.2, -0.15) is 0 Å². The third-order valence-electron chi connectivity index (χ3n) is 3.93. The highest BCUT2D eigenvalue weighted by Crippen LogP contribution is 2.22. The summed E-state index contributed by atoms with van der Waals surface area (Å²) in [5, 5.41) is 2.73. The van der Waals surface area contributed by atoms with Gasteiger partial charge in [-0.25, -0.2) is 0 Å². The van der Waals surface area contributed by atoms with E-state index in [1.165, 1.54) is 6.07 Å². The molecule has 124 valence electrons. The third-order valence-corrected chi connectivity index (χ3v) is 3.93. The van der Waals surface area contributed by atoms with E-state index in [2.05, 4.69) is 5.32 Å². The van der Waals surface area contributed by atoms with Crippen molar-refractivity contribution in [2.45, 2.75) is 13.0 Å². The Balaban J connectivity index is 1.62. The number of furan rings is 1. The molecule has 1 aromatic heterocycles. The quantitative estimate of drug-likeness (QED) is 0.865. The molecule has 1 aromatic carbocycles. The first-order valence-electron chi connectivity index (χ1n) is 7.54. The third kappa shape index (κ3) is 3.45. The fraction of sp³-hybridized carbons (Fsp3) is 0.235. The van der Waals surface area contributed by atoms with E-state index < -0.39 is 11.8 Å². The molecule has 1 unspecified atom stereocenters. The number of primary amides is 1. The second-order valence-electron chi connectivity index (χ2n) is 5.69. The second-order valence-corrected chi connectivity index (χ2v) is 5.69. The van der Waals surface area contributed by atoms with Crippen LogP contribution >= 0.6 is 0 Å². The van der Waals surface area contributed by atoms with Crippen LogP contribution in [0.1, 0.15) is 22.5 Å². The summed E-state index contributed by atoms with van der Waals surface area (Å²) in [5.41, 5.74) is 6.02. The molecule has 0 radical (unpaired) electrons. The lowest BCUT2D eigenvalue weighted by atomic mass is 10.1. The fourth-order valence-electron chi connectivity index (χ4n) is 2.69. The number of benzene rings is 1. The number of carbonyl (C=O) groups excluding carboxylic acids is 3. The summed E-state index contributed by atoms with van der Waals surface area (Å²) >= 11 is 0. The first kappa shape index (κ1) is 15.8. The lowest BCUT2D eigenvalue weighted by molar-refractivity contribution is -0.128. The van der Waals surface area contributed by atoms with Crippen LogP contribution in [-0.4, -0.2) is 29.2 Å². The van der Waals surface area contributed by atoms with Crippen molar-refractivity contribution in [1.82, 2.24) is 4.90 Å². The fourth-order valence-corrected chi connectivity index (χ4v) is 2.69. The molecule has 3 amide bonds. The van der Waals surface area contributed by atoms with Crippen molar-refractivity contribution in [3.05, 3.63) is 54.0 Å². The second kappa shape index (κ2) is 6.57. The number of nitrogens with zero attached hydrogens (tertiary/aromatic N) is 1. The van der Waals surface area contributed by atoms with Crippen molar-refractivity contribution >= 4 is 23.4 Å². The molecule has 3 N–H and O–H groups in total. The summed E-state index contributed by atoms with van der Waals surface area (Å²) in [6.45, 7) is 0.688. The number of carbonyl (C=O) groups is 3. The minimum absolute atomic E-state index is 0.0857. The van der Waals surface area contributed by atoms with Gasteiger partial charge in [0.05, 0.1) is 18.7 Å². The monoisotopic (exact) mass is 327 g/mol. The Labute approximate surface area is 138 Å². The summed E-state index contributed by atoms with van der Waals surface area (Å²) in [4.78, 5) is 37.2. The molecule has 2 aromatic rings. The van der Waals surface area contributed by atoms with Crippen molar-refractivity contribution in [1.29, 1.82) is 0 Å². The number of amides is 3. The zero-order valence-corrected chi connectivity index (χ0v) is 12.9. The largest absolute Gasteiger partial charge is 0.467 e. The molecule has 0 bridgehead atoms. The maximum Gasteiger partial charge on any atom is 0.248 e. The molecule has 0 aliphatic carbocycles. The maximum absolute atomic E-state index is 12.4.